The van der Waals surface area contributed by atoms with Gasteiger partial charge < -0.3 is 4.90 Å². The van der Waals surface area contributed by atoms with Crippen LogP contribution in [0, 0.1) is 11.3 Å². The Bertz CT molecular complexity index is 705. The molecule has 1 aromatic rings. The van der Waals surface area contributed by atoms with Gasteiger partial charge in [0.2, 0.25) is 0 Å². The molecule has 1 N–H and O–H groups in total. The van der Waals surface area contributed by atoms with Gasteiger partial charge >= 0.3 is 0 Å². The first-order chi connectivity index (χ1) is 12.8. The summed E-state index contributed by atoms with van der Waals surface area (Å²) in [5.41, 5.74) is 6.03. The highest BCUT2D eigenvalue weighted by molar-refractivity contribution is 5.74. The third-order valence-electron chi connectivity index (χ3n) is 5.66. The fraction of sp³-hybridized carbons (Fsp3) is 0.476. The number of rotatable bonds is 4. The van der Waals surface area contributed by atoms with Crippen LogP contribution in [0.15, 0.2) is 42.7 Å². The van der Waals surface area contributed by atoms with E-state index in [1.54, 1.807) is 5.17 Å². The van der Waals surface area contributed by atoms with Crippen molar-refractivity contribution in [2.45, 2.75) is 50.7 Å². The first kappa shape index (κ1) is 17.1. The standard InChI is InChI=1S/C21H26N4O/c22-15-17-5-7-18(8-6-17)19-9-14-25(23-16-19)26-21-10-12-24(13-11-21)20-3-1-2-4-20/h5-9,14,16,20-21,23H,1-4,10-13H2. The highest BCUT2D eigenvalue weighted by atomic mass is 16.7. The van der Waals surface area contributed by atoms with Crippen LogP contribution in [0.3, 0.4) is 0 Å². The Morgan fingerprint density at radius 1 is 1.04 bits per heavy atom. The van der Waals surface area contributed by atoms with Crippen molar-refractivity contribution < 1.29 is 4.84 Å². The molecule has 0 unspecified atom stereocenters. The van der Waals surface area contributed by atoms with Crippen molar-refractivity contribution in [2.75, 3.05) is 13.1 Å². The van der Waals surface area contributed by atoms with Crippen molar-refractivity contribution in [3.05, 3.63) is 53.9 Å². The molecule has 0 amide bonds. The summed E-state index contributed by atoms with van der Waals surface area (Å²) >= 11 is 0. The lowest BCUT2D eigenvalue weighted by Crippen LogP contribution is -2.45. The van der Waals surface area contributed by atoms with E-state index in [1.165, 1.54) is 25.7 Å². The third kappa shape index (κ3) is 3.92. The van der Waals surface area contributed by atoms with Crippen LogP contribution in [-0.2, 0) is 4.84 Å². The number of hydrogen-bond donors (Lipinski definition) is 1. The molecule has 0 atom stereocenters. The number of likely N-dealkylation sites (tertiary alicyclic amines) is 1. The Balaban J connectivity index is 1.25. The Hall–Kier alpha value is -2.29. The van der Waals surface area contributed by atoms with Gasteiger partial charge in [0.1, 0.15) is 0 Å². The summed E-state index contributed by atoms with van der Waals surface area (Å²) < 4.78 is 0. The quantitative estimate of drug-likeness (QED) is 0.900. The van der Waals surface area contributed by atoms with Crippen molar-refractivity contribution in [1.29, 1.82) is 5.26 Å². The monoisotopic (exact) mass is 350 g/mol. The van der Waals surface area contributed by atoms with E-state index < -0.39 is 0 Å². The molecule has 5 heteroatoms. The maximum absolute atomic E-state index is 8.89. The topological polar surface area (TPSA) is 51.5 Å². The van der Waals surface area contributed by atoms with E-state index in [0.717, 1.165) is 43.1 Å². The van der Waals surface area contributed by atoms with Crippen LogP contribution < -0.4 is 5.43 Å². The minimum absolute atomic E-state index is 0.273. The number of nitrogens with zero attached hydrogens (tertiary/aromatic N) is 3. The molecule has 1 saturated heterocycles. The summed E-state index contributed by atoms with van der Waals surface area (Å²) in [4.78, 5) is 8.75. The highest BCUT2D eigenvalue weighted by Crippen LogP contribution is 2.27. The van der Waals surface area contributed by atoms with E-state index in [2.05, 4.69) is 16.4 Å². The summed E-state index contributed by atoms with van der Waals surface area (Å²) in [6, 6.07) is 10.6. The second-order valence-electron chi connectivity index (χ2n) is 7.34. The highest BCUT2D eigenvalue weighted by Gasteiger charge is 2.28. The normalized spacial score (nSPS) is 22.1. The van der Waals surface area contributed by atoms with Crippen molar-refractivity contribution in [3.63, 3.8) is 0 Å². The lowest BCUT2D eigenvalue weighted by atomic mass is 10.0. The zero-order chi connectivity index (χ0) is 17.8. The Morgan fingerprint density at radius 3 is 2.38 bits per heavy atom. The number of nitriles is 1. The summed E-state index contributed by atoms with van der Waals surface area (Å²) in [6.45, 7) is 2.30. The molecule has 5 nitrogen and oxygen atoms in total. The molecular formula is C21H26N4O. The number of hydrogen-bond acceptors (Lipinski definition) is 5. The van der Waals surface area contributed by atoms with Crippen molar-refractivity contribution in [3.8, 4) is 6.07 Å². The van der Waals surface area contributed by atoms with Crippen LogP contribution in [0.5, 0.6) is 0 Å². The Labute approximate surface area is 155 Å². The Morgan fingerprint density at radius 2 is 1.77 bits per heavy atom. The van der Waals surface area contributed by atoms with Crippen LogP contribution >= 0.6 is 0 Å². The largest absolute Gasteiger partial charge is 0.300 e. The fourth-order valence-electron chi connectivity index (χ4n) is 4.13. The molecule has 0 spiro atoms. The molecule has 0 bridgehead atoms. The second-order valence-corrected chi connectivity index (χ2v) is 7.34. The number of hydroxylamine groups is 1. The first-order valence-corrected chi connectivity index (χ1v) is 9.67. The average molecular weight is 350 g/mol. The zero-order valence-electron chi connectivity index (χ0n) is 15.1. The van der Waals surface area contributed by atoms with Gasteiger partial charge in [-0.2, -0.15) is 10.4 Å². The van der Waals surface area contributed by atoms with Gasteiger partial charge in [0, 0.05) is 30.9 Å². The zero-order valence-corrected chi connectivity index (χ0v) is 15.1. The smallest absolute Gasteiger partial charge is 0.0991 e. The van der Waals surface area contributed by atoms with E-state index in [4.69, 9.17) is 10.1 Å². The SMILES string of the molecule is N#Cc1ccc(C2=CNN(OC3CCN(C4CCCC4)CC3)C=C2)cc1. The van der Waals surface area contributed by atoms with Crippen molar-refractivity contribution in [1.82, 2.24) is 15.5 Å². The molecule has 1 saturated carbocycles. The van der Waals surface area contributed by atoms with Crippen molar-refractivity contribution >= 4 is 5.57 Å². The lowest BCUT2D eigenvalue weighted by molar-refractivity contribution is -0.200. The van der Waals surface area contributed by atoms with E-state index in [1.807, 2.05) is 42.7 Å². The molecule has 3 aliphatic rings. The predicted octanol–water partition coefficient (Wildman–Crippen LogP) is 3.57. The van der Waals surface area contributed by atoms with E-state index >= 15 is 0 Å². The lowest BCUT2D eigenvalue weighted by Gasteiger charge is -2.37. The molecule has 136 valence electrons. The second kappa shape index (κ2) is 7.94. The van der Waals surface area contributed by atoms with Gasteiger partial charge in [-0.05, 0) is 49.5 Å². The van der Waals surface area contributed by atoms with E-state index in [-0.39, 0.29) is 6.10 Å². The van der Waals surface area contributed by atoms with Gasteiger partial charge in [0.25, 0.3) is 0 Å². The molecule has 2 fully saturated rings. The average Bonchev–Trinajstić information content (AvgIpc) is 3.24. The molecule has 1 aliphatic carbocycles. The number of benzene rings is 1. The molecular weight excluding hydrogens is 324 g/mol. The molecule has 0 radical (unpaired) electrons. The Kier molecular flexibility index (Phi) is 5.24. The van der Waals surface area contributed by atoms with E-state index in [0.29, 0.717) is 5.56 Å². The summed E-state index contributed by atoms with van der Waals surface area (Å²) in [7, 11) is 0. The molecule has 0 aromatic heterocycles. The van der Waals surface area contributed by atoms with Gasteiger partial charge in [0.05, 0.1) is 23.9 Å². The maximum Gasteiger partial charge on any atom is 0.0991 e. The third-order valence-corrected chi connectivity index (χ3v) is 5.66. The molecule has 1 aromatic carbocycles. The van der Waals surface area contributed by atoms with Gasteiger partial charge in [-0.1, -0.05) is 25.0 Å². The van der Waals surface area contributed by atoms with Gasteiger partial charge in [-0.25, -0.2) is 0 Å². The molecule has 26 heavy (non-hydrogen) atoms. The number of nitrogens with one attached hydrogen (secondary N) is 1. The van der Waals surface area contributed by atoms with Crippen LogP contribution in [0.2, 0.25) is 0 Å². The van der Waals surface area contributed by atoms with Crippen LogP contribution in [0.25, 0.3) is 5.57 Å². The van der Waals surface area contributed by atoms with Crippen LogP contribution in [-0.4, -0.2) is 35.3 Å². The summed E-state index contributed by atoms with van der Waals surface area (Å²) in [5.74, 6) is 0. The predicted molar refractivity (Wildman–Crippen MR) is 101 cm³/mol. The number of hydrazine groups is 1. The van der Waals surface area contributed by atoms with Crippen LogP contribution in [0.1, 0.15) is 49.7 Å². The minimum Gasteiger partial charge on any atom is -0.300 e. The number of piperidine rings is 1. The van der Waals surface area contributed by atoms with E-state index in [9.17, 15) is 0 Å². The fourth-order valence-corrected chi connectivity index (χ4v) is 4.13. The first-order valence-electron chi connectivity index (χ1n) is 9.67. The van der Waals surface area contributed by atoms with Crippen molar-refractivity contribution in [2.24, 2.45) is 0 Å². The summed E-state index contributed by atoms with van der Waals surface area (Å²) in [5, 5.41) is 10.6. The molecule has 4 rings (SSSR count). The van der Waals surface area contributed by atoms with Gasteiger partial charge in [-0.3, -0.25) is 10.3 Å². The molecule has 2 heterocycles. The minimum atomic E-state index is 0.273. The number of allylic oxidation sites excluding steroid dienone is 2. The van der Waals surface area contributed by atoms with Gasteiger partial charge in [-0.15, -0.1) is 0 Å². The van der Waals surface area contributed by atoms with Crippen LogP contribution in [0.4, 0.5) is 0 Å². The van der Waals surface area contributed by atoms with Gasteiger partial charge in [0.15, 0.2) is 0 Å². The summed E-state index contributed by atoms with van der Waals surface area (Å²) in [6.07, 6.45) is 13.9. The maximum atomic E-state index is 8.89. The molecule has 2 aliphatic heterocycles.